The molecule has 1 aliphatic heterocycles. The van der Waals surface area contributed by atoms with Gasteiger partial charge in [0.2, 0.25) is 0 Å². The number of rotatable bonds is 3. The van der Waals surface area contributed by atoms with Crippen LogP contribution < -0.4 is 10.5 Å². The number of benzene rings is 2. The number of ether oxygens (including phenoxy) is 1. The highest BCUT2D eigenvalue weighted by molar-refractivity contribution is 6.03. The number of hydrogen-bond acceptors (Lipinski definition) is 4. The second-order valence-corrected chi connectivity index (χ2v) is 8.21. The van der Waals surface area contributed by atoms with Crippen LogP contribution in [0.15, 0.2) is 60.9 Å². The average Bonchev–Trinajstić information content (AvgIpc) is 3.12. The van der Waals surface area contributed by atoms with Crippen molar-refractivity contribution in [1.29, 1.82) is 0 Å². The summed E-state index contributed by atoms with van der Waals surface area (Å²) >= 11 is 0. The predicted molar refractivity (Wildman–Crippen MR) is 126 cm³/mol. The summed E-state index contributed by atoms with van der Waals surface area (Å²) in [5.74, 6) is 0.859. The van der Waals surface area contributed by atoms with E-state index in [4.69, 9.17) is 10.5 Å². The zero-order chi connectivity index (χ0) is 21.5. The van der Waals surface area contributed by atoms with Crippen molar-refractivity contribution in [2.75, 3.05) is 5.73 Å². The van der Waals surface area contributed by atoms with Gasteiger partial charge in [-0.25, -0.2) is 0 Å². The van der Waals surface area contributed by atoms with Gasteiger partial charge in [0.1, 0.15) is 12.4 Å². The zero-order valence-corrected chi connectivity index (χ0v) is 18.1. The molecular formula is C26H26N4O. The molecule has 4 aromatic rings. The first-order valence-electron chi connectivity index (χ1n) is 10.7. The largest absolute Gasteiger partial charge is 0.487 e. The van der Waals surface area contributed by atoms with E-state index in [1.54, 1.807) is 0 Å². The van der Waals surface area contributed by atoms with Gasteiger partial charge in [0.15, 0.2) is 0 Å². The smallest absolute Gasteiger partial charge is 0.131 e. The lowest BCUT2D eigenvalue weighted by Gasteiger charge is -2.17. The maximum absolute atomic E-state index is 6.31. The second-order valence-electron chi connectivity index (χ2n) is 8.21. The van der Waals surface area contributed by atoms with E-state index < -0.39 is 0 Å². The summed E-state index contributed by atoms with van der Waals surface area (Å²) in [5.41, 5.74) is 14.6. The third kappa shape index (κ3) is 3.26. The van der Waals surface area contributed by atoms with Crippen molar-refractivity contribution in [2.24, 2.45) is 0 Å². The van der Waals surface area contributed by atoms with Gasteiger partial charge < -0.3 is 10.5 Å². The molecule has 5 rings (SSSR count). The minimum atomic E-state index is 0.272. The van der Waals surface area contributed by atoms with Crippen molar-refractivity contribution in [3.8, 4) is 5.75 Å². The van der Waals surface area contributed by atoms with Crippen LogP contribution in [0.2, 0.25) is 0 Å². The Morgan fingerprint density at radius 1 is 1.13 bits per heavy atom. The van der Waals surface area contributed by atoms with Gasteiger partial charge in [-0.1, -0.05) is 25.1 Å². The molecule has 2 aromatic carbocycles. The summed E-state index contributed by atoms with van der Waals surface area (Å²) in [4.78, 5) is 4.64. The number of nitrogens with two attached hydrogens (primary N) is 1. The third-order valence-electron chi connectivity index (χ3n) is 5.87. The van der Waals surface area contributed by atoms with Crippen molar-refractivity contribution < 1.29 is 4.74 Å². The fraction of sp³-hybridized carbons (Fsp3) is 0.231. The van der Waals surface area contributed by atoms with Crippen LogP contribution in [-0.2, 0) is 6.61 Å². The predicted octanol–water partition coefficient (Wildman–Crippen LogP) is 5.86. The van der Waals surface area contributed by atoms with E-state index in [0.29, 0.717) is 6.61 Å². The number of allylic oxidation sites excluding steroid dienone is 1. The summed E-state index contributed by atoms with van der Waals surface area (Å²) in [7, 11) is 0. The molecule has 31 heavy (non-hydrogen) atoms. The summed E-state index contributed by atoms with van der Waals surface area (Å²) in [6.07, 6.45) is 4.62. The van der Waals surface area contributed by atoms with E-state index in [1.807, 2.05) is 41.3 Å². The minimum absolute atomic E-state index is 0.272. The van der Waals surface area contributed by atoms with Gasteiger partial charge in [0, 0.05) is 40.5 Å². The van der Waals surface area contributed by atoms with E-state index in [1.165, 1.54) is 5.57 Å². The van der Waals surface area contributed by atoms with Crippen LogP contribution in [-0.4, -0.2) is 14.8 Å². The van der Waals surface area contributed by atoms with Crippen LogP contribution in [0.4, 0.5) is 5.69 Å². The van der Waals surface area contributed by atoms with Gasteiger partial charge in [-0.15, -0.1) is 0 Å². The fourth-order valence-corrected chi connectivity index (χ4v) is 4.45. The molecule has 0 radical (unpaired) electrons. The summed E-state index contributed by atoms with van der Waals surface area (Å²) < 4.78 is 8.35. The normalized spacial score (nSPS) is 14.7. The average molecular weight is 411 g/mol. The van der Waals surface area contributed by atoms with Gasteiger partial charge in [0.05, 0.1) is 17.4 Å². The number of pyridine rings is 1. The molecule has 2 N–H and O–H groups in total. The molecule has 0 atom stereocenters. The first kappa shape index (κ1) is 19.4. The standard InChI is InChI=1S/C26H26N4O/c1-4-20(17-7-5-8-19(27)11-17)26-21-9-6-10-28-23(21)15-31-25-13-24-18(12-22(25)26)14-29-30(24)16(2)3/h5-14,16H,4,15,27H2,1-3H3/b26-20+. The Labute approximate surface area is 182 Å². The Kier molecular flexibility index (Phi) is 4.74. The SMILES string of the molecule is CC/C(=C1\c2cc3cnn(C(C)C)c3cc2OCc2ncccc21)c1cccc(N)c1. The highest BCUT2D eigenvalue weighted by Gasteiger charge is 2.25. The van der Waals surface area contributed by atoms with E-state index in [9.17, 15) is 0 Å². The van der Waals surface area contributed by atoms with Crippen molar-refractivity contribution in [3.63, 3.8) is 0 Å². The molecule has 0 bridgehead atoms. The number of hydrogen-bond donors (Lipinski definition) is 1. The van der Waals surface area contributed by atoms with E-state index in [2.05, 4.69) is 55.1 Å². The van der Waals surface area contributed by atoms with E-state index in [-0.39, 0.29) is 6.04 Å². The molecular weight excluding hydrogens is 384 g/mol. The fourth-order valence-electron chi connectivity index (χ4n) is 4.45. The van der Waals surface area contributed by atoms with Gasteiger partial charge in [-0.2, -0.15) is 5.10 Å². The number of nitrogen functional groups attached to an aromatic ring is 1. The summed E-state index contributed by atoms with van der Waals surface area (Å²) in [6, 6.07) is 16.8. The number of anilines is 1. The van der Waals surface area contributed by atoms with Crippen LogP contribution in [0.25, 0.3) is 22.0 Å². The molecule has 2 aromatic heterocycles. The minimum Gasteiger partial charge on any atom is -0.487 e. The van der Waals surface area contributed by atoms with Gasteiger partial charge in [0.25, 0.3) is 0 Å². The molecule has 156 valence electrons. The molecule has 3 heterocycles. The Bertz CT molecular complexity index is 1320. The van der Waals surface area contributed by atoms with Crippen LogP contribution in [0.1, 0.15) is 55.6 Å². The Balaban J connectivity index is 1.86. The maximum Gasteiger partial charge on any atom is 0.131 e. The van der Waals surface area contributed by atoms with Gasteiger partial charge in [-0.05, 0) is 61.2 Å². The van der Waals surface area contributed by atoms with Gasteiger partial charge >= 0.3 is 0 Å². The molecule has 0 unspecified atom stereocenters. The maximum atomic E-state index is 6.31. The molecule has 5 heteroatoms. The van der Waals surface area contributed by atoms with Crippen LogP contribution in [0.5, 0.6) is 5.75 Å². The lowest BCUT2D eigenvalue weighted by molar-refractivity contribution is 0.302. The highest BCUT2D eigenvalue weighted by Crippen LogP contribution is 2.43. The zero-order valence-electron chi connectivity index (χ0n) is 18.1. The molecule has 0 amide bonds. The molecule has 1 aliphatic rings. The third-order valence-corrected chi connectivity index (χ3v) is 5.87. The molecule has 0 fully saturated rings. The van der Waals surface area contributed by atoms with E-state index in [0.717, 1.165) is 56.7 Å². The quantitative estimate of drug-likeness (QED) is 0.430. The van der Waals surface area contributed by atoms with Crippen molar-refractivity contribution >= 4 is 27.7 Å². The van der Waals surface area contributed by atoms with Crippen LogP contribution in [0.3, 0.4) is 0 Å². The molecule has 0 saturated carbocycles. The summed E-state index contributed by atoms with van der Waals surface area (Å²) in [6.45, 7) is 6.89. The Morgan fingerprint density at radius 3 is 2.77 bits per heavy atom. The van der Waals surface area contributed by atoms with E-state index >= 15 is 0 Å². The monoisotopic (exact) mass is 410 g/mol. The van der Waals surface area contributed by atoms with Gasteiger partial charge in [-0.3, -0.25) is 9.67 Å². The van der Waals surface area contributed by atoms with Crippen molar-refractivity contribution in [2.45, 2.75) is 39.8 Å². The lowest BCUT2D eigenvalue weighted by Crippen LogP contribution is -2.02. The second kappa shape index (κ2) is 7.58. The topological polar surface area (TPSA) is 66.0 Å². The number of fused-ring (bicyclic) bond motifs is 3. The molecule has 0 spiro atoms. The molecule has 0 saturated heterocycles. The molecule has 0 aliphatic carbocycles. The first-order valence-corrected chi connectivity index (χ1v) is 10.7. The Hall–Kier alpha value is -3.60. The Morgan fingerprint density at radius 2 is 2.00 bits per heavy atom. The van der Waals surface area contributed by atoms with Crippen molar-refractivity contribution in [1.82, 2.24) is 14.8 Å². The van der Waals surface area contributed by atoms with Crippen LogP contribution >= 0.6 is 0 Å². The number of aromatic nitrogens is 3. The highest BCUT2D eigenvalue weighted by atomic mass is 16.5. The summed E-state index contributed by atoms with van der Waals surface area (Å²) in [5, 5.41) is 5.71. The number of nitrogens with zero attached hydrogens (tertiary/aromatic N) is 3. The first-order chi connectivity index (χ1) is 15.1. The molecule has 5 nitrogen and oxygen atoms in total. The van der Waals surface area contributed by atoms with Crippen LogP contribution in [0, 0.1) is 0 Å². The lowest BCUT2D eigenvalue weighted by atomic mass is 9.87. The van der Waals surface area contributed by atoms with Crippen molar-refractivity contribution in [3.05, 3.63) is 83.3 Å².